The van der Waals surface area contributed by atoms with Crippen LogP contribution < -0.4 is 0 Å². The average molecular weight is 307 g/mol. The zero-order chi connectivity index (χ0) is 15.6. The van der Waals surface area contributed by atoms with Crippen molar-refractivity contribution in [3.8, 4) is 0 Å². The summed E-state index contributed by atoms with van der Waals surface area (Å²) < 4.78 is 2.02. The predicted octanol–water partition coefficient (Wildman–Crippen LogP) is 2.14. The van der Waals surface area contributed by atoms with Crippen LogP contribution >= 0.6 is 0 Å². The van der Waals surface area contributed by atoms with Crippen molar-refractivity contribution in [1.82, 2.24) is 24.3 Å². The Morgan fingerprint density at radius 1 is 1.09 bits per heavy atom. The van der Waals surface area contributed by atoms with Gasteiger partial charge in [-0.05, 0) is 31.0 Å². The van der Waals surface area contributed by atoms with Crippen molar-refractivity contribution >= 4 is 11.7 Å². The first-order valence-electron chi connectivity index (χ1n) is 7.80. The minimum Gasteiger partial charge on any atom is -0.338 e. The Kier molecular flexibility index (Phi) is 3.49. The molecule has 1 atom stereocenters. The largest absolute Gasteiger partial charge is 0.338 e. The molecule has 1 saturated heterocycles. The van der Waals surface area contributed by atoms with Crippen molar-refractivity contribution in [1.29, 1.82) is 0 Å². The maximum atomic E-state index is 12.7. The first-order chi connectivity index (χ1) is 11.3. The highest BCUT2D eigenvalue weighted by atomic mass is 16.2. The minimum atomic E-state index is 0.0769. The van der Waals surface area contributed by atoms with E-state index in [1.54, 1.807) is 36.9 Å². The molecule has 1 fully saturated rings. The molecule has 1 aliphatic heterocycles. The summed E-state index contributed by atoms with van der Waals surface area (Å²) in [6.45, 7) is 1.52. The molecule has 0 aromatic carbocycles. The second kappa shape index (κ2) is 5.79. The number of piperidine rings is 1. The third-order valence-electron chi connectivity index (χ3n) is 4.39. The maximum absolute atomic E-state index is 12.7. The molecule has 3 aromatic rings. The topological polar surface area (TPSA) is 63.4 Å². The molecule has 0 spiro atoms. The molecular formula is C17H17N5O. The zero-order valence-corrected chi connectivity index (χ0v) is 12.7. The van der Waals surface area contributed by atoms with Crippen molar-refractivity contribution in [2.75, 3.05) is 13.1 Å². The number of aromatic nitrogens is 4. The van der Waals surface area contributed by atoms with Gasteiger partial charge in [0.1, 0.15) is 0 Å². The summed E-state index contributed by atoms with van der Waals surface area (Å²) in [5, 5.41) is 0. The molecule has 6 heteroatoms. The normalized spacial score (nSPS) is 18.3. The van der Waals surface area contributed by atoms with Crippen molar-refractivity contribution < 1.29 is 4.79 Å². The van der Waals surface area contributed by atoms with Crippen LogP contribution in [0.5, 0.6) is 0 Å². The molecule has 6 nitrogen and oxygen atoms in total. The van der Waals surface area contributed by atoms with Crippen LogP contribution in [0.15, 0.2) is 49.2 Å². The Bertz CT molecular complexity index is 829. The number of imidazole rings is 1. The molecule has 0 saturated carbocycles. The molecule has 0 aliphatic carbocycles. The summed E-state index contributed by atoms with van der Waals surface area (Å²) in [6.07, 6.45) is 10.9. The minimum absolute atomic E-state index is 0.0769. The standard InChI is InChI=1S/C17H17N5O/c23-16(13-3-6-18-7-4-13)21-10-1-2-14(12-21)15-5-8-19-17-20-9-11-22(15)17/h3-9,11,14H,1-2,10,12H2/t14-/m1/s1. The molecule has 3 aromatic heterocycles. The van der Waals surface area contributed by atoms with Crippen LogP contribution in [0.1, 0.15) is 34.8 Å². The number of carbonyl (C=O) groups is 1. The van der Waals surface area contributed by atoms with Gasteiger partial charge in [0.05, 0.1) is 0 Å². The molecule has 116 valence electrons. The number of amides is 1. The molecule has 0 radical (unpaired) electrons. The Labute approximate surface area is 133 Å². The van der Waals surface area contributed by atoms with Gasteiger partial charge >= 0.3 is 0 Å². The molecule has 1 aliphatic rings. The first-order valence-corrected chi connectivity index (χ1v) is 7.80. The van der Waals surface area contributed by atoms with Gasteiger partial charge in [0.25, 0.3) is 5.91 Å². The van der Waals surface area contributed by atoms with Gasteiger partial charge in [-0.2, -0.15) is 0 Å². The molecule has 4 heterocycles. The van der Waals surface area contributed by atoms with E-state index >= 15 is 0 Å². The third-order valence-corrected chi connectivity index (χ3v) is 4.39. The van der Waals surface area contributed by atoms with Gasteiger partial charge in [0.15, 0.2) is 0 Å². The van der Waals surface area contributed by atoms with Crippen LogP contribution in [0.2, 0.25) is 0 Å². The molecule has 0 N–H and O–H groups in total. The van der Waals surface area contributed by atoms with Crippen molar-refractivity contribution in [3.05, 3.63) is 60.4 Å². The van der Waals surface area contributed by atoms with Gasteiger partial charge in [0.2, 0.25) is 5.78 Å². The molecule has 0 unspecified atom stereocenters. The highest BCUT2D eigenvalue weighted by molar-refractivity contribution is 5.94. The highest BCUT2D eigenvalue weighted by Gasteiger charge is 2.26. The summed E-state index contributed by atoms with van der Waals surface area (Å²) >= 11 is 0. The zero-order valence-electron chi connectivity index (χ0n) is 12.7. The molecular weight excluding hydrogens is 290 g/mol. The van der Waals surface area contributed by atoms with Crippen LogP contribution in [-0.4, -0.2) is 43.2 Å². The van der Waals surface area contributed by atoms with Crippen LogP contribution in [0.4, 0.5) is 0 Å². The number of fused-ring (bicyclic) bond motifs is 1. The van der Waals surface area contributed by atoms with Crippen LogP contribution in [0.25, 0.3) is 5.78 Å². The van der Waals surface area contributed by atoms with Gasteiger partial charge in [-0.3, -0.25) is 14.2 Å². The number of rotatable bonds is 2. The highest BCUT2D eigenvalue weighted by Crippen LogP contribution is 2.27. The number of carbonyl (C=O) groups excluding carboxylic acids is 1. The van der Waals surface area contributed by atoms with E-state index in [0.29, 0.717) is 17.3 Å². The van der Waals surface area contributed by atoms with Gasteiger partial charge in [-0.25, -0.2) is 9.97 Å². The summed E-state index contributed by atoms with van der Waals surface area (Å²) in [5.41, 5.74) is 1.86. The average Bonchev–Trinajstić information content (AvgIpc) is 3.10. The Hall–Kier alpha value is -2.76. The Balaban J connectivity index is 1.60. The van der Waals surface area contributed by atoms with Crippen molar-refractivity contribution in [3.63, 3.8) is 0 Å². The second-order valence-corrected chi connectivity index (χ2v) is 5.79. The lowest BCUT2D eigenvalue weighted by Gasteiger charge is -2.33. The van der Waals surface area contributed by atoms with Crippen LogP contribution in [-0.2, 0) is 0 Å². The number of hydrogen-bond donors (Lipinski definition) is 0. The fraction of sp³-hybridized carbons (Fsp3) is 0.294. The van der Waals surface area contributed by atoms with Gasteiger partial charge in [-0.1, -0.05) is 0 Å². The molecule has 1 amide bonds. The lowest BCUT2D eigenvalue weighted by molar-refractivity contribution is 0.0705. The van der Waals surface area contributed by atoms with E-state index in [1.807, 2.05) is 21.6 Å². The number of hydrogen-bond acceptors (Lipinski definition) is 4. The number of likely N-dealkylation sites (tertiary alicyclic amines) is 1. The number of pyridine rings is 1. The third kappa shape index (κ3) is 2.56. The fourth-order valence-electron chi connectivity index (χ4n) is 3.27. The van der Waals surface area contributed by atoms with E-state index in [0.717, 1.165) is 25.9 Å². The van der Waals surface area contributed by atoms with E-state index in [9.17, 15) is 4.79 Å². The first kappa shape index (κ1) is 13.9. The van der Waals surface area contributed by atoms with Crippen LogP contribution in [0, 0.1) is 0 Å². The molecule has 4 rings (SSSR count). The number of nitrogens with zero attached hydrogens (tertiary/aromatic N) is 5. The van der Waals surface area contributed by atoms with Gasteiger partial charge < -0.3 is 4.90 Å². The van der Waals surface area contributed by atoms with Crippen molar-refractivity contribution in [2.24, 2.45) is 0 Å². The SMILES string of the molecule is O=C(c1ccncc1)N1CCC[C@@H](c2ccnc3nccn23)C1. The summed E-state index contributed by atoms with van der Waals surface area (Å²) in [6, 6.07) is 5.57. The molecule has 0 bridgehead atoms. The van der Waals surface area contributed by atoms with E-state index in [4.69, 9.17) is 0 Å². The monoisotopic (exact) mass is 307 g/mol. The Morgan fingerprint density at radius 3 is 2.78 bits per heavy atom. The van der Waals surface area contributed by atoms with E-state index in [2.05, 4.69) is 15.0 Å². The van der Waals surface area contributed by atoms with Crippen molar-refractivity contribution in [2.45, 2.75) is 18.8 Å². The molecule has 23 heavy (non-hydrogen) atoms. The van der Waals surface area contributed by atoms with Crippen LogP contribution in [0.3, 0.4) is 0 Å². The summed E-state index contributed by atoms with van der Waals surface area (Å²) in [7, 11) is 0. The maximum Gasteiger partial charge on any atom is 0.253 e. The lowest BCUT2D eigenvalue weighted by atomic mass is 9.94. The fourth-order valence-corrected chi connectivity index (χ4v) is 3.27. The van der Waals surface area contributed by atoms with E-state index in [1.165, 1.54) is 5.69 Å². The summed E-state index contributed by atoms with van der Waals surface area (Å²) in [4.78, 5) is 27.1. The van der Waals surface area contributed by atoms with Gasteiger partial charge in [0, 0.05) is 61.2 Å². The second-order valence-electron chi connectivity index (χ2n) is 5.79. The Morgan fingerprint density at radius 2 is 1.91 bits per heavy atom. The van der Waals surface area contributed by atoms with Gasteiger partial charge in [-0.15, -0.1) is 0 Å². The van der Waals surface area contributed by atoms with E-state index < -0.39 is 0 Å². The van der Waals surface area contributed by atoms with E-state index in [-0.39, 0.29) is 5.91 Å². The predicted molar refractivity (Wildman–Crippen MR) is 85.1 cm³/mol. The summed E-state index contributed by atoms with van der Waals surface area (Å²) in [5.74, 6) is 1.09. The quantitative estimate of drug-likeness (QED) is 0.727. The smallest absolute Gasteiger partial charge is 0.253 e. The lowest BCUT2D eigenvalue weighted by Crippen LogP contribution is -2.39.